The summed E-state index contributed by atoms with van der Waals surface area (Å²) in [5, 5.41) is 0. The molecule has 0 radical (unpaired) electrons. The van der Waals surface area contributed by atoms with Gasteiger partial charge in [-0.05, 0) is 55.2 Å². The van der Waals surface area contributed by atoms with Crippen LogP contribution in [0.4, 0.5) is 0 Å². The highest BCUT2D eigenvalue weighted by molar-refractivity contribution is 5.43. The predicted molar refractivity (Wildman–Crippen MR) is 97.7 cm³/mol. The van der Waals surface area contributed by atoms with Gasteiger partial charge in [-0.15, -0.1) is 0 Å². The fourth-order valence-electron chi connectivity index (χ4n) is 4.54. The molecule has 4 nitrogen and oxygen atoms in total. The van der Waals surface area contributed by atoms with E-state index in [1.165, 1.54) is 44.3 Å². The summed E-state index contributed by atoms with van der Waals surface area (Å²) in [5.74, 6) is 3.15. The number of hydrogen-bond acceptors (Lipinski definition) is 4. The van der Waals surface area contributed by atoms with Gasteiger partial charge in [0.15, 0.2) is 11.5 Å². The Hall–Kier alpha value is -1.26. The second-order valence-electron chi connectivity index (χ2n) is 7.62. The lowest BCUT2D eigenvalue weighted by atomic mass is 9.88. The van der Waals surface area contributed by atoms with Gasteiger partial charge in [-0.3, -0.25) is 0 Å². The van der Waals surface area contributed by atoms with Gasteiger partial charge >= 0.3 is 0 Å². The number of ether oxygens (including phenoxy) is 2. The number of likely N-dealkylation sites (tertiary alicyclic amines) is 1. The van der Waals surface area contributed by atoms with E-state index in [4.69, 9.17) is 15.2 Å². The van der Waals surface area contributed by atoms with Crippen LogP contribution in [0, 0.1) is 11.8 Å². The minimum Gasteiger partial charge on any atom is -0.493 e. The van der Waals surface area contributed by atoms with E-state index in [-0.39, 0.29) is 0 Å². The Labute approximate surface area is 146 Å². The molecule has 3 rings (SSSR count). The quantitative estimate of drug-likeness (QED) is 0.870. The van der Waals surface area contributed by atoms with Crippen molar-refractivity contribution >= 4 is 0 Å². The van der Waals surface area contributed by atoms with Gasteiger partial charge in [-0.2, -0.15) is 0 Å². The number of nitrogens with zero attached hydrogens (tertiary/aromatic N) is 1. The average molecular weight is 332 g/mol. The highest BCUT2D eigenvalue weighted by Crippen LogP contribution is 2.31. The zero-order valence-corrected chi connectivity index (χ0v) is 15.2. The number of hydrogen-bond donors (Lipinski definition) is 1. The molecule has 1 aromatic rings. The molecule has 0 amide bonds. The van der Waals surface area contributed by atoms with E-state index in [0.717, 1.165) is 36.8 Å². The zero-order chi connectivity index (χ0) is 16.9. The molecule has 0 bridgehead atoms. The van der Waals surface area contributed by atoms with Crippen molar-refractivity contribution in [2.45, 2.75) is 44.6 Å². The molecule has 2 aliphatic rings. The minimum atomic E-state index is 0.310. The van der Waals surface area contributed by atoms with Crippen molar-refractivity contribution in [2.75, 3.05) is 33.9 Å². The van der Waals surface area contributed by atoms with Crippen LogP contribution in [0.2, 0.25) is 0 Å². The Morgan fingerprint density at radius 2 is 1.79 bits per heavy atom. The third-order valence-electron chi connectivity index (χ3n) is 5.61. The summed E-state index contributed by atoms with van der Waals surface area (Å²) in [6.45, 7) is 3.49. The number of methoxy groups -OCH3 is 2. The number of rotatable bonds is 6. The Morgan fingerprint density at radius 1 is 1.04 bits per heavy atom. The summed E-state index contributed by atoms with van der Waals surface area (Å²) in [6, 6.07) is 6.58. The van der Waals surface area contributed by atoms with E-state index in [0.29, 0.717) is 12.0 Å². The topological polar surface area (TPSA) is 47.7 Å². The van der Waals surface area contributed by atoms with Gasteiger partial charge in [-0.25, -0.2) is 0 Å². The van der Waals surface area contributed by atoms with Crippen LogP contribution in [0.1, 0.15) is 37.7 Å². The Bertz CT molecular complexity index is 528. The molecule has 0 spiro atoms. The molecule has 2 fully saturated rings. The molecule has 1 saturated carbocycles. The zero-order valence-electron chi connectivity index (χ0n) is 15.2. The lowest BCUT2D eigenvalue weighted by molar-refractivity contribution is 0.136. The highest BCUT2D eigenvalue weighted by Gasteiger charge is 2.28. The summed E-state index contributed by atoms with van der Waals surface area (Å²) in [6.07, 6.45) is 7.84. The molecule has 1 aliphatic heterocycles. The highest BCUT2D eigenvalue weighted by atomic mass is 16.5. The minimum absolute atomic E-state index is 0.310. The number of nitrogens with two attached hydrogens (primary N) is 1. The van der Waals surface area contributed by atoms with Crippen molar-refractivity contribution in [1.82, 2.24) is 4.90 Å². The van der Waals surface area contributed by atoms with Crippen molar-refractivity contribution in [3.05, 3.63) is 23.8 Å². The molecular weight excluding hydrogens is 300 g/mol. The number of piperidine rings is 1. The maximum Gasteiger partial charge on any atom is 0.160 e. The van der Waals surface area contributed by atoms with E-state index in [1.807, 2.05) is 6.07 Å². The van der Waals surface area contributed by atoms with Crippen LogP contribution in [0.5, 0.6) is 11.5 Å². The SMILES string of the molecule is COc1ccc(CC2CC(N)CN(CC3CCCC3)C2)cc1OC. The van der Waals surface area contributed by atoms with Crippen molar-refractivity contribution in [1.29, 1.82) is 0 Å². The maximum atomic E-state index is 6.36. The van der Waals surface area contributed by atoms with Crippen LogP contribution in [0.3, 0.4) is 0 Å². The maximum absolute atomic E-state index is 6.36. The van der Waals surface area contributed by atoms with E-state index >= 15 is 0 Å². The summed E-state index contributed by atoms with van der Waals surface area (Å²) >= 11 is 0. The molecule has 1 aromatic carbocycles. The lowest BCUT2D eigenvalue weighted by Crippen LogP contribution is -2.48. The molecule has 2 atom stereocenters. The van der Waals surface area contributed by atoms with E-state index in [1.54, 1.807) is 14.2 Å². The predicted octanol–water partition coefficient (Wildman–Crippen LogP) is 3.09. The van der Waals surface area contributed by atoms with E-state index < -0.39 is 0 Å². The van der Waals surface area contributed by atoms with E-state index in [2.05, 4.69) is 17.0 Å². The Balaban J connectivity index is 1.61. The average Bonchev–Trinajstić information content (AvgIpc) is 3.07. The second kappa shape index (κ2) is 8.21. The van der Waals surface area contributed by atoms with Crippen LogP contribution in [-0.4, -0.2) is 44.8 Å². The molecule has 2 unspecified atom stereocenters. The third kappa shape index (κ3) is 4.42. The van der Waals surface area contributed by atoms with Crippen molar-refractivity contribution in [3.63, 3.8) is 0 Å². The fourth-order valence-corrected chi connectivity index (χ4v) is 4.54. The smallest absolute Gasteiger partial charge is 0.160 e. The molecule has 24 heavy (non-hydrogen) atoms. The molecule has 1 aliphatic carbocycles. The normalized spacial score (nSPS) is 25.8. The summed E-state index contributed by atoms with van der Waals surface area (Å²) in [4.78, 5) is 2.62. The first kappa shape index (κ1) is 17.6. The van der Waals surface area contributed by atoms with Crippen LogP contribution in [-0.2, 0) is 6.42 Å². The van der Waals surface area contributed by atoms with Crippen LogP contribution in [0.25, 0.3) is 0 Å². The van der Waals surface area contributed by atoms with Crippen LogP contribution in [0.15, 0.2) is 18.2 Å². The summed E-state index contributed by atoms with van der Waals surface area (Å²) in [7, 11) is 3.38. The molecule has 0 aromatic heterocycles. The van der Waals surface area contributed by atoms with Gasteiger partial charge in [0.1, 0.15) is 0 Å². The molecule has 4 heteroatoms. The van der Waals surface area contributed by atoms with Crippen LogP contribution < -0.4 is 15.2 Å². The van der Waals surface area contributed by atoms with Gasteiger partial charge in [0, 0.05) is 25.7 Å². The van der Waals surface area contributed by atoms with Gasteiger partial charge in [0.05, 0.1) is 14.2 Å². The number of benzene rings is 1. The molecule has 1 saturated heterocycles. The van der Waals surface area contributed by atoms with Gasteiger partial charge < -0.3 is 20.1 Å². The largest absolute Gasteiger partial charge is 0.493 e. The molecular formula is C20H32N2O2. The standard InChI is InChI=1S/C20H32N2O2/c1-23-19-8-7-16(11-20(19)24-2)9-17-10-18(21)14-22(13-17)12-15-5-3-4-6-15/h7-8,11,15,17-18H,3-6,9-10,12-14,21H2,1-2H3. The van der Waals surface area contributed by atoms with E-state index in [9.17, 15) is 0 Å². The van der Waals surface area contributed by atoms with Crippen molar-refractivity contribution in [2.24, 2.45) is 17.6 Å². The lowest BCUT2D eigenvalue weighted by Gasteiger charge is -2.37. The van der Waals surface area contributed by atoms with Crippen molar-refractivity contribution in [3.8, 4) is 11.5 Å². The first-order chi connectivity index (χ1) is 11.7. The third-order valence-corrected chi connectivity index (χ3v) is 5.61. The van der Waals surface area contributed by atoms with Gasteiger partial charge in [0.2, 0.25) is 0 Å². The monoisotopic (exact) mass is 332 g/mol. The summed E-state index contributed by atoms with van der Waals surface area (Å²) < 4.78 is 10.8. The molecule has 134 valence electrons. The Morgan fingerprint density at radius 3 is 2.50 bits per heavy atom. The summed E-state index contributed by atoms with van der Waals surface area (Å²) in [5.41, 5.74) is 7.67. The first-order valence-corrected chi connectivity index (χ1v) is 9.36. The molecule has 2 N–H and O–H groups in total. The van der Waals surface area contributed by atoms with Gasteiger partial charge in [0.25, 0.3) is 0 Å². The van der Waals surface area contributed by atoms with Crippen molar-refractivity contribution < 1.29 is 9.47 Å². The fraction of sp³-hybridized carbons (Fsp3) is 0.700. The Kier molecular flexibility index (Phi) is 6.01. The van der Waals surface area contributed by atoms with Gasteiger partial charge in [-0.1, -0.05) is 18.9 Å². The molecule has 1 heterocycles. The van der Waals surface area contributed by atoms with Crippen LogP contribution >= 0.6 is 0 Å². The first-order valence-electron chi connectivity index (χ1n) is 9.36. The second-order valence-corrected chi connectivity index (χ2v) is 7.62.